The molecule has 2 aliphatic heterocycles. The van der Waals surface area contributed by atoms with Crippen molar-refractivity contribution in [3.05, 3.63) is 59.7 Å². The van der Waals surface area contributed by atoms with Crippen LogP contribution in [0.1, 0.15) is 11.1 Å². The second-order valence-corrected chi connectivity index (χ2v) is 7.11. The van der Waals surface area contributed by atoms with Crippen molar-refractivity contribution in [2.75, 3.05) is 44.8 Å². The number of hydrogen-bond acceptors (Lipinski definition) is 4. The number of fused-ring (bicyclic) bond motifs is 1. The second kappa shape index (κ2) is 7.02. The minimum Gasteiger partial charge on any atom is -0.304 e. The van der Waals surface area contributed by atoms with Crippen LogP contribution in [0.15, 0.2) is 53.5 Å². The molecule has 5 nitrogen and oxygen atoms in total. The van der Waals surface area contributed by atoms with Crippen LogP contribution in [0.2, 0.25) is 0 Å². The van der Waals surface area contributed by atoms with Gasteiger partial charge in [0.15, 0.2) is 0 Å². The van der Waals surface area contributed by atoms with Crippen molar-refractivity contribution in [3.8, 4) is 0 Å². The number of benzene rings is 2. The largest absolute Gasteiger partial charge is 0.304 e. The molecule has 2 aromatic rings. The minimum atomic E-state index is -0.00775. The van der Waals surface area contributed by atoms with Gasteiger partial charge in [-0.3, -0.25) is 14.6 Å². The van der Waals surface area contributed by atoms with E-state index in [9.17, 15) is 4.79 Å². The molecule has 134 valence electrons. The topological polar surface area (TPSA) is 39.2 Å². The first-order valence-corrected chi connectivity index (χ1v) is 9.09. The van der Waals surface area contributed by atoms with Gasteiger partial charge in [-0.1, -0.05) is 30.3 Å². The van der Waals surface area contributed by atoms with Crippen LogP contribution in [-0.2, 0) is 4.79 Å². The van der Waals surface area contributed by atoms with Gasteiger partial charge in [-0.2, -0.15) is 0 Å². The molecule has 5 heteroatoms. The third-order valence-corrected chi connectivity index (χ3v) is 5.08. The highest BCUT2D eigenvalue weighted by Gasteiger charge is 2.35. The molecule has 2 aromatic carbocycles. The molecule has 0 aliphatic carbocycles. The summed E-state index contributed by atoms with van der Waals surface area (Å²) >= 11 is 0. The Morgan fingerprint density at radius 1 is 1.00 bits per heavy atom. The molecule has 0 aromatic heterocycles. The van der Waals surface area contributed by atoms with Gasteiger partial charge in [0, 0.05) is 31.7 Å². The lowest BCUT2D eigenvalue weighted by Gasteiger charge is -2.34. The summed E-state index contributed by atoms with van der Waals surface area (Å²) in [7, 11) is 2.14. The predicted molar refractivity (Wildman–Crippen MR) is 105 cm³/mol. The molecule has 1 amide bonds. The van der Waals surface area contributed by atoms with E-state index in [0.717, 1.165) is 48.7 Å². The van der Waals surface area contributed by atoms with Crippen LogP contribution in [0.4, 0.5) is 11.4 Å². The molecule has 2 heterocycles. The van der Waals surface area contributed by atoms with Gasteiger partial charge in [0.05, 0.1) is 18.0 Å². The summed E-state index contributed by atoms with van der Waals surface area (Å²) in [5.74, 6) is -0.00775. The molecule has 0 bridgehead atoms. The molecule has 0 radical (unpaired) electrons. The molecular weight excluding hydrogens is 324 g/mol. The second-order valence-electron chi connectivity index (χ2n) is 7.11. The number of nitrogens with zero attached hydrogens (tertiary/aromatic N) is 4. The van der Waals surface area contributed by atoms with E-state index in [1.165, 1.54) is 0 Å². The van der Waals surface area contributed by atoms with Gasteiger partial charge in [-0.25, -0.2) is 4.99 Å². The lowest BCUT2D eigenvalue weighted by molar-refractivity contribution is -0.112. The molecular formula is C21H24N4O. The van der Waals surface area contributed by atoms with Crippen molar-refractivity contribution in [1.82, 2.24) is 9.80 Å². The van der Waals surface area contributed by atoms with Crippen molar-refractivity contribution < 1.29 is 4.79 Å². The van der Waals surface area contributed by atoms with Crippen molar-refractivity contribution in [1.29, 1.82) is 0 Å². The lowest BCUT2D eigenvalue weighted by Crippen LogP contribution is -2.49. The van der Waals surface area contributed by atoms with Gasteiger partial charge in [0.2, 0.25) is 0 Å². The SMILES string of the molecule is Cc1cccc(N=C2C(=O)N(CN3CCN(C)CC3)c3ccccc32)c1. The van der Waals surface area contributed by atoms with Crippen molar-refractivity contribution in [2.24, 2.45) is 4.99 Å². The third kappa shape index (κ3) is 3.28. The van der Waals surface area contributed by atoms with Gasteiger partial charge in [-0.05, 0) is 37.7 Å². The summed E-state index contributed by atoms with van der Waals surface area (Å²) in [4.78, 5) is 24.4. The van der Waals surface area contributed by atoms with E-state index in [1.807, 2.05) is 60.4 Å². The Hall–Kier alpha value is -2.50. The number of rotatable bonds is 3. The maximum Gasteiger partial charge on any atom is 0.278 e. The van der Waals surface area contributed by atoms with Crippen LogP contribution >= 0.6 is 0 Å². The van der Waals surface area contributed by atoms with E-state index in [-0.39, 0.29) is 5.91 Å². The number of likely N-dealkylation sites (N-methyl/N-ethyl adjacent to an activating group) is 1. The highest BCUT2D eigenvalue weighted by atomic mass is 16.2. The van der Waals surface area contributed by atoms with E-state index < -0.39 is 0 Å². The Morgan fingerprint density at radius 2 is 1.77 bits per heavy atom. The number of anilines is 1. The molecule has 0 unspecified atom stereocenters. The normalized spacial score (nSPS) is 20.0. The molecule has 1 fully saturated rings. The smallest absolute Gasteiger partial charge is 0.278 e. The molecule has 1 saturated heterocycles. The zero-order valence-electron chi connectivity index (χ0n) is 15.4. The van der Waals surface area contributed by atoms with Gasteiger partial charge in [0.1, 0.15) is 5.71 Å². The number of carbonyl (C=O) groups excluding carboxylic acids is 1. The fourth-order valence-electron chi connectivity index (χ4n) is 3.53. The summed E-state index contributed by atoms with van der Waals surface area (Å²) in [5.41, 5.74) is 4.39. The summed E-state index contributed by atoms with van der Waals surface area (Å²) in [6.07, 6.45) is 0. The summed E-state index contributed by atoms with van der Waals surface area (Å²) in [6, 6.07) is 15.9. The standard InChI is InChI=1S/C21H24N4O/c1-16-6-5-7-17(14-16)22-20-18-8-3-4-9-19(18)25(21(20)26)15-24-12-10-23(2)11-13-24/h3-9,14H,10-13,15H2,1-2H3. The number of para-hydroxylation sites is 1. The quantitative estimate of drug-likeness (QED) is 0.856. The lowest BCUT2D eigenvalue weighted by atomic mass is 10.1. The number of amides is 1. The predicted octanol–water partition coefficient (Wildman–Crippen LogP) is 2.67. The Kier molecular flexibility index (Phi) is 4.57. The van der Waals surface area contributed by atoms with Gasteiger partial charge < -0.3 is 4.90 Å². The molecule has 0 spiro atoms. The van der Waals surface area contributed by atoms with E-state index in [0.29, 0.717) is 12.4 Å². The first-order chi connectivity index (χ1) is 12.6. The number of hydrogen-bond donors (Lipinski definition) is 0. The van der Waals surface area contributed by atoms with E-state index in [4.69, 9.17) is 4.99 Å². The average Bonchev–Trinajstić information content (AvgIpc) is 2.90. The Balaban J connectivity index is 1.64. The van der Waals surface area contributed by atoms with E-state index >= 15 is 0 Å². The molecule has 2 aliphatic rings. The molecule has 0 N–H and O–H groups in total. The summed E-state index contributed by atoms with van der Waals surface area (Å²) in [5, 5.41) is 0. The first kappa shape index (κ1) is 16.9. The van der Waals surface area contributed by atoms with Gasteiger partial charge >= 0.3 is 0 Å². The van der Waals surface area contributed by atoms with Crippen LogP contribution in [0, 0.1) is 6.92 Å². The van der Waals surface area contributed by atoms with Crippen molar-refractivity contribution >= 4 is 23.0 Å². The average molecular weight is 348 g/mol. The van der Waals surface area contributed by atoms with E-state index in [1.54, 1.807) is 0 Å². The van der Waals surface area contributed by atoms with Gasteiger partial charge in [0.25, 0.3) is 5.91 Å². The maximum atomic E-state index is 13.1. The molecule has 26 heavy (non-hydrogen) atoms. The Labute approximate surface area is 154 Å². The molecule has 0 saturated carbocycles. The highest BCUT2D eigenvalue weighted by molar-refractivity contribution is 6.54. The molecule has 0 atom stereocenters. The fraction of sp³-hybridized carbons (Fsp3) is 0.333. The zero-order valence-corrected chi connectivity index (χ0v) is 15.4. The number of aryl methyl sites for hydroxylation is 1. The summed E-state index contributed by atoms with van der Waals surface area (Å²) in [6.45, 7) is 6.69. The van der Waals surface area contributed by atoms with Crippen molar-refractivity contribution in [2.45, 2.75) is 6.92 Å². The van der Waals surface area contributed by atoms with Crippen LogP contribution in [0.3, 0.4) is 0 Å². The van der Waals surface area contributed by atoms with Crippen LogP contribution in [0.5, 0.6) is 0 Å². The minimum absolute atomic E-state index is 0.00775. The zero-order chi connectivity index (χ0) is 18.1. The molecule has 4 rings (SSSR count). The maximum absolute atomic E-state index is 13.1. The monoisotopic (exact) mass is 348 g/mol. The fourth-order valence-corrected chi connectivity index (χ4v) is 3.53. The third-order valence-electron chi connectivity index (χ3n) is 5.08. The highest BCUT2D eigenvalue weighted by Crippen LogP contribution is 2.31. The Bertz CT molecular complexity index is 853. The van der Waals surface area contributed by atoms with Gasteiger partial charge in [-0.15, -0.1) is 0 Å². The van der Waals surface area contributed by atoms with Crippen LogP contribution < -0.4 is 4.90 Å². The Morgan fingerprint density at radius 3 is 2.54 bits per heavy atom. The number of aliphatic imine (C=N–C) groups is 1. The van der Waals surface area contributed by atoms with Crippen LogP contribution in [-0.4, -0.2) is 61.3 Å². The first-order valence-electron chi connectivity index (χ1n) is 9.09. The van der Waals surface area contributed by atoms with Crippen molar-refractivity contribution in [3.63, 3.8) is 0 Å². The summed E-state index contributed by atoms with van der Waals surface area (Å²) < 4.78 is 0. The number of carbonyl (C=O) groups is 1. The van der Waals surface area contributed by atoms with Crippen LogP contribution in [0.25, 0.3) is 0 Å². The van der Waals surface area contributed by atoms with E-state index in [2.05, 4.69) is 16.8 Å². The number of piperazine rings is 1.